The summed E-state index contributed by atoms with van der Waals surface area (Å²) in [6, 6.07) is 0.868. The van der Waals surface area contributed by atoms with Crippen molar-refractivity contribution in [2.45, 2.75) is 44.8 Å². The first-order valence-corrected chi connectivity index (χ1v) is 7.05. The summed E-state index contributed by atoms with van der Waals surface area (Å²) >= 11 is 0. The van der Waals surface area contributed by atoms with Crippen LogP contribution in [0.3, 0.4) is 0 Å². The molecule has 1 saturated heterocycles. The van der Waals surface area contributed by atoms with Crippen LogP contribution < -0.4 is 5.32 Å². The Morgan fingerprint density at radius 2 is 2.16 bits per heavy atom. The van der Waals surface area contributed by atoms with Crippen LogP contribution in [0.4, 0.5) is 0 Å². The van der Waals surface area contributed by atoms with E-state index in [9.17, 15) is 4.79 Å². The molecule has 5 nitrogen and oxygen atoms in total. The molecule has 19 heavy (non-hydrogen) atoms. The second-order valence-electron chi connectivity index (χ2n) is 5.98. The van der Waals surface area contributed by atoms with Gasteiger partial charge in [0, 0.05) is 31.7 Å². The zero-order valence-corrected chi connectivity index (χ0v) is 13.2. The Balaban J connectivity index is 2.67. The van der Waals surface area contributed by atoms with Gasteiger partial charge in [0.1, 0.15) is 5.54 Å². The predicted octanol–water partition coefficient (Wildman–Crippen LogP) is 0.552. The van der Waals surface area contributed by atoms with Gasteiger partial charge in [-0.05, 0) is 41.3 Å². The third-order valence-electron chi connectivity index (χ3n) is 4.34. The first-order chi connectivity index (χ1) is 8.84. The number of carbonyl (C=O) groups excluding carboxylic acids is 1. The minimum absolute atomic E-state index is 0.191. The van der Waals surface area contributed by atoms with Gasteiger partial charge in [0.25, 0.3) is 0 Å². The van der Waals surface area contributed by atoms with E-state index in [1.807, 2.05) is 14.0 Å². The highest BCUT2D eigenvalue weighted by Crippen LogP contribution is 2.21. The van der Waals surface area contributed by atoms with Gasteiger partial charge in [0.2, 0.25) is 0 Å². The molecule has 1 N–H and O–H groups in total. The number of piperazine rings is 1. The van der Waals surface area contributed by atoms with Gasteiger partial charge >= 0.3 is 5.97 Å². The number of carbonyl (C=O) groups is 1. The summed E-state index contributed by atoms with van der Waals surface area (Å²) in [5.41, 5.74) is -0.614. The smallest absolute Gasteiger partial charge is 0.325 e. The third-order valence-corrected chi connectivity index (χ3v) is 4.34. The van der Waals surface area contributed by atoms with Gasteiger partial charge in [0.05, 0.1) is 7.11 Å². The molecule has 1 rings (SSSR count). The Morgan fingerprint density at radius 3 is 2.63 bits per heavy atom. The second kappa shape index (κ2) is 6.68. The van der Waals surface area contributed by atoms with Crippen molar-refractivity contribution in [1.82, 2.24) is 15.1 Å². The Hall–Kier alpha value is -0.650. The lowest BCUT2D eigenvalue weighted by molar-refractivity contribution is -0.148. The van der Waals surface area contributed by atoms with Crippen LogP contribution in [-0.4, -0.2) is 74.2 Å². The first-order valence-electron chi connectivity index (χ1n) is 7.05. The molecule has 0 aliphatic carbocycles. The number of esters is 1. The van der Waals surface area contributed by atoms with Crippen LogP contribution >= 0.6 is 0 Å². The van der Waals surface area contributed by atoms with Crippen molar-refractivity contribution in [3.63, 3.8) is 0 Å². The Bertz CT molecular complexity index is 311. The molecule has 1 heterocycles. The van der Waals surface area contributed by atoms with E-state index >= 15 is 0 Å². The van der Waals surface area contributed by atoms with Crippen LogP contribution in [0.15, 0.2) is 0 Å². The van der Waals surface area contributed by atoms with E-state index in [1.54, 1.807) is 0 Å². The Morgan fingerprint density at radius 1 is 1.53 bits per heavy atom. The van der Waals surface area contributed by atoms with Gasteiger partial charge in [-0.25, -0.2) is 0 Å². The lowest BCUT2D eigenvalue weighted by Crippen LogP contribution is -2.58. The summed E-state index contributed by atoms with van der Waals surface area (Å²) in [4.78, 5) is 16.7. The van der Waals surface area contributed by atoms with Gasteiger partial charge in [0.15, 0.2) is 0 Å². The molecule has 3 unspecified atom stereocenters. The predicted molar refractivity (Wildman–Crippen MR) is 77.2 cm³/mol. The number of nitrogens with zero attached hydrogens (tertiary/aromatic N) is 2. The summed E-state index contributed by atoms with van der Waals surface area (Å²) in [6.45, 7) is 9.58. The highest BCUT2D eigenvalue weighted by Gasteiger charge is 2.37. The minimum Gasteiger partial charge on any atom is -0.468 e. The molecule has 0 aromatic heterocycles. The van der Waals surface area contributed by atoms with E-state index in [2.05, 4.69) is 36.0 Å². The Labute approximate surface area is 117 Å². The summed E-state index contributed by atoms with van der Waals surface area (Å²) < 4.78 is 4.91. The molecule has 3 atom stereocenters. The third kappa shape index (κ3) is 3.91. The molecule has 0 aromatic carbocycles. The molecule has 5 heteroatoms. The highest BCUT2D eigenvalue weighted by molar-refractivity contribution is 5.80. The molecule has 1 fully saturated rings. The van der Waals surface area contributed by atoms with Crippen molar-refractivity contribution in [3.8, 4) is 0 Å². The largest absolute Gasteiger partial charge is 0.468 e. The van der Waals surface area contributed by atoms with Crippen LogP contribution in [0.1, 0.15) is 27.2 Å². The zero-order chi connectivity index (χ0) is 14.6. The molecule has 0 amide bonds. The van der Waals surface area contributed by atoms with Crippen molar-refractivity contribution < 1.29 is 9.53 Å². The fourth-order valence-corrected chi connectivity index (χ4v) is 3.03. The average molecular weight is 271 g/mol. The summed E-state index contributed by atoms with van der Waals surface area (Å²) in [5, 5.41) is 3.11. The SMILES string of the molecule is CNC(C)(CC(C)N1CCN(C)CC1C)C(=O)OC. The van der Waals surface area contributed by atoms with Crippen molar-refractivity contribution in [1.29, 1.82) is 0 Å². The van der Waals surface area contributed by atoms with Gasteiger partial charge in [-0.3, -0.25) is 9.69 Å². The first kappa shape index (κ1) is 16.4. The molecule has 0 spiro atoms. The second-order valence-corrected chi connectivity index (χ2v) is 5.98. The average Bonchev–Trinajstić information content (AvgIpc) is 2.37. The van der Waals surface area contributed by atoms with Gasteiger partial charge in [-0.15, -0.1) is 0 Å². The highest BCUT2D eigenvalue weighted by atomic mass is 16.5. The lowest BCUT2D eigenvalue weighted by Gasteiger charge is -2.43. The molecular formula is C14H29N3O2. The van der Waals surface area contributed by atoms with Crippen LogP contribution in [0.5, 0.6) is 0 Å². The number of ether oxygens (including phenoxy) is 1. The number of hydrogen-bond acceptors (Lipinski definition) is 5. The molecule has 1 aliphatic rings. The van der Waals surface area contributed by atoms with Crippen LogP contribution in [0.25, 0.3) is 0 Å². The van der Waals surface area contributed by atoms with E-state index in [4.69, 9.17) is 4.74 Å². The number of nitrogens with one attached hydrogen (secondary N) is 1. The van der Waals surface area contributed by atoms with Gasteiger partial charge < -0.3 is 15.0 Å². The summed E-state index contributed by atoms with van der Waals surface area (Å²) in [5.74, 6) is -0.191. The molecular weight excluding hydrogens is 242 g/mol. The molecule has 0 saturated carbocycles. The lowest BCUT2D eigenvalue weighted by atomic mass is 9.92. The zero-order valence-electron chi connectivity index (χ0n) is 13.2. The van der Waals surface area contributed by atoms with E-state index in [0.717, 1.165) is 26.1 Å². The maximum Gasteiger partial charge on any atom is 0.325 e. The van der Waals surface area contributed by atoms with Crippen LogP contribution in [0, 0.1) is 0 Å². The van der Waals surface area contributed by atoms with E-state index in [-0.39, 0.29) is 5.97 Å². The maximum atomic E-state index is 11.9. The molecule has 112 valence electrons. The van der Waals surface area contributed by atoms with Gasteiger partial charge in [-0.1, -0.05) is 0 Å². The summed E-state index contributed by atoms with van der Waals surface area (Å²) in [7, 11) is 5.42. The quantitative estimate of drug-likeness (QED) is 0.740. The molecule has 0 radical (unpaired) electrons. The van der Waals surface area contributed by atoms with Crippen molar-refractivity contribution >= 4 is 5.97 Å². The van der Waals surface area contributed by atoms with Crippen LogP contribution in [0.2, 0.25) is 0 Å². The van der Waals surface area contributed by atoms with E-state index in [0.29, 0.717) is 12.1 Å². The Kier molecular flexibility index (Phi) is 5.77. The minimum atomic E-state index is -0.614. The van der Waals surface area contributed by atoms with Gasteiger partial charge in [-0.2, -0.15) is 0 Å². The van der Waals surface area contributed by atoms with Crippen molar-refractivity contribution in [3.05, 3.63) is 0 Å². The number of hydrogen-bond donors (Lipinski definition) is 1. The molecule has 0 aromatic rings. The van der Waals surface area contributed by atoms with E-state index in [1.165, 1.54) is 7.11 Å². The normalized spacial score (nSPS) is 26.7. The standard InChI is InChI=1S/C14H29N3O2/c1-11(9-14(3,15-4)13(18)19-6)17-8-7-16(5)10-12(17)2/h11-12,15H,7-10H2,1-6H3. The van der Waals surface area contributed by atoms with Crippen molar-refractivity contribution in [2.24, 2.45) is 0 Å². The van der Waals surface area contributed by atoms with Crippen LogP contribution in [-0.2, 0) is 9.53 Å². The number of methoxy groups -OCH3 is 1. The number of rotatable bonds is 5. The summed E-state index contributed by atoms with van der Waals surface area (Å²) in [6.07, 6.45) is 0.754. The van der Waals surface area contributed by atoms with E-state index < -0.39 is 5.54 Å². The number of likely N-dealkylation sites (N-methyl/N-ethyl adjacent to an activating group) is 2. The molecule has 0 bridgehead atoms. The fourth-order valence-electron chi connectivity index (χ4n) is 3.03. The maximum absolute atomic E-state index is 11.9. The molecule has 1 aliphatic heterocycles. The monoisotopic (exact) mass is 271 g/mol. The van der Waals surface area contributed by atoms with Crippen molar-refractivity contribution in [2.75, 3.05) is 40.8 Å². The topological polar surface area (TPSA) is 44.8 Å². The fraction of sp³-hybridized carbons (Fsp3) is 0.929.